The summed E-state index contributed by atoms with van der Waals surface area (Å²) in [6.45, 7) is 1.69. The van der Waals surface area contributed by atoms with Crippen molar-refractivity contribution in [3.05, 3.63) is 34.3 Å². The third-order valence-corrected chi connectivity index (χ3v) is 3.96. The molecule has 1 amide bonds. The Morgan fingerprint density at radius 1 is 1.29 bits per heavy atom. The number of rotatable bonds is 2. The van der Waals surface area contributed by atoms with Crippen molar-refractivity contribution in [1.82, 2.24) is 4.90 Å². The van der Waals surface area contributed by atoms with Gasteiger partial charge in [-0.15, -0.1) is 11.6 Å². The molecule has 17 heavy (non-hydrogen) atoms. The maximum absolute atomic E-state index is 12.2. The highest BCUT2D eigenvalue weighted by Crippen LogP contribution is 2.26. The van der Waals surface area contributed by atoms with Crippen molar-refractivity contribution < 1.29 is 4.79 Å². The molecule has 4 heteroatoms. The average molecular weight is 317 g/mol. The number of carbonyl (C=O) groups excluding carboxylic acids is 1. The average Bonchev–Trinajstić information content (AvgIpc) is 2.38. The minimum atomic E-state index is -0.564. The second-order valence-electron chi connectivity index (χ2n) is 4.30. The molecule has 0 saturated carbocycles. The molecule has 0 spiro atoms. The molecule has 2 rings (SSSR count). The fourth-order valence-electron chi connectivity index (χ4n) is 2.08. The van der Waals surface area contributed by atoms with Crippen molar-refractivity contribution in [3.63, 3.8) is 0 Å². The van der Waals surface area contributed by atoms with Crippen LogP contribution in [0.15, 0.2) is 28.7 Å². The number of piperidine rings is 1. The van der Waals surface area contributed by atoms with Gasteiger partial charge in [0.25, 0.3) is 0 Å². The highest BCUT2D eigenvalue weighted by Gasteiger charge is 2.24. The molecule has 0 aromatic heterocycles. The highest BCUT2D eigenvalue weighted by molar-refractivity contribution is 9.10. The van der Waals surface area contributed by atoms with Crippen LogP contribution >= 0.6 is 27.5 Å². The van der Waals surface area contributed by atoms with Gasteiger partial charge < -0.3 is 4.90 Å². The van der Waals surface area contributed by atoms with Crippen LogP contribution in [-0.4, -0.2) is 23.9 Å². The number of alkyl halides is 1. The van der Waals surface area contributed by atoms with Crippen molar-refractivity contribution in [3.8, 4) is 0 Å². The van der Waals surface area contributed by atoms with Crippen LogP contribution in [0.3, 0.4) is 0 Å². The quantitative estimate of drug-likeness (QED) is 0.761. The molecule has 1 aliphatic heterocycles. The number of hydrogen-bond donors (Lipinski definition) is 0. The zero-order valence-electron chi connectivity index (χ0n) is 9.53. The van der Waals surface area contributed by atoms with Crippen LogP contribution in [0, 0.1) is 0 Å². The predicted octanol–water partition coefficient (Wildman–Crippen LogP) is 3.74. The molecule has 0 bridgehead atoms. The lowest BCUT2D eigenvalue weighted by atomic mass is 10.1. The number of amides is 1. The molecule has 2 nitrogen and oxygen atoms in total. The lowest BCUT2D eigenvalue weighted by Gasteiger charge is -2.28. The molecule has 1 unspecified atom stereocenters. The zero-order chi connectivity index (χ0) is 12.3. The summed E-state index contributed by atoms with van der Waals surface area (Å²) in [4.78, 5) is 14.1. The number of hydrogen-bond acceptors (Lipinski definition) is 1. The van der Waals surface area contributed by atoms with Gasteiger partial charge in [-0.3, -0.25) is 4.79 Å². The Balaban J connectivity index is 2.08. The highest BCUT2D eigenvalue weighted by atomic mass is 79.9. The van der Waals surface area contributed by atoms with Crippen LogP contribution in [-0.2, 0) is 4.79 Å². The molecule has 1 atom stereocenters. The van der Waals surface area contributed by atoms with Gasteiger partial charge in [-0.05, 0) is 37.0 Å². The van der Waals surface area contributed by atoms with Gasteiger partial charge in [0.15, 0.2) is 0 Å². The van der Waals surface area contributed by atoms with E-state index in [-0.39, 0.29) is 5.91 Å². The fraction of sp³-hybridized carbons (Fsp3) is 0.462. The van der Waals surface area contributed by atoms with Crippen molar-refractivity contribution in [2.24, 2.45) is 0 Å². The Morgan fingerprint density at radius 3 is 2.65 bits per heavy atom. The minimum absolute atomic E-state index is 0.0319. The molecule has 1 fully saturated rings. The normalized spacial score (nSPS) is 17.9. The predicted molar refractivity (Wildman–Crippen MR) is 73.2 cm³/mol. The van der Waals surface area contributed by atoms with E-state index in [0.29, 0.717) is 0 Å². The third kappa shape index (κ3) is 3.23. The number of halogens is 2. The Morgan fingerprint density at radius 2 is 2.00 bits per heavy atom. The summed E-state index contributed by atoms with van der Waals surface area (Å²) in [6, 6.07) is 7.63. The van der Waals surface area contributed by atoms with E-state index >= 15 is 0 Å². The van der Waals surface area contributed by atoms with E-state index < -0.39 is 5.38 Å². The topological polar surface area (TPSA) is 20.3 Å². The molecule has 1 saturated heterocycles. The molecule has 1 heterocycles. The fourth-order valence-corrected chi connectivity index (χ4v) is 2.77. The smallest absolute Gasteiger partial charge is 0.245 e. The lowest BCUT2D eigenvalue weighted by Crippen LogP contribution is -2.37. The van der Waals surface area contributed by atoms with Gasteiger partial charge in [0.1, 0.15) is 5.38 Å². The van der Waals surface area contributed by atoms with E-state index in [2.05, 4.69) is 15.9 Å². The zero-order valence-corrected chi connectivity index (χ0v) is 11.9. The van der Waals surface area contributed by atoms with Crippen LogP contribution in [0.1, 0.15) is 30.2 Å². The maximum atomic E-state index is 12.2. The minimum Gasteiger partial charge on any atom is -0.341 e. The third-order valence-electron chi connectivity index (χ3n) is 3.03. The maximum Gasteiger partial charge on any atom is 0.245 e. The number of nitrogens with zero attached hydrogens (tertiary/aromatic N) is 1. The standard InChI is InChI=1S/C13H15BrClNO/c14-11-6-4-5-10(9-11)12(15)13(17)16-7-2-1-3-8-16/h4-6,9,12H,1-3,7-8H2. The Hall–Kier alpha value is -0.540. The summed E-state index contributed by atoms with van der Waals surface area (Å²) in [5.41, 5.74) is 0.858. The van der Waals surface area contributed by atoms with Gasteiger partial charge in [0.05, 0.1) is 0 Å². The summed E-state index contributed by atoms with van der Waals surface area (Å²) < 4.78 is 0.951. The molecule has 0 aliphatic carbocycles. The molecule has 1 aromatic rings. The van der Waals surface area contributed by atoms with E-state index in [1.54, 1.807) is 0 Å². The van der Waals surface area contributed by atoms with Gasteiger partial charge in [-0.2, -0.15) is 0 Å². The number of benzene rings is 1. The van der Waals surface area contributed by atoms with E-state index in [1.165, 1.54) is 6.42 Å². The summed E-state index contributed by atoms with van der Waals surface area (Å²) in [5, 5.41) is -0.564. The monoisotopic (exact) mass is 315 g/mol. The van der Waals surface area contributed by atoms with E-state index in [0.717, 1.165) is 36.0 Å². The van der Waals surface area contributed by atoms with E-state index in [9.17, 15) is 4.79 Å². The van der Waals surface area contributed by atoms with Gasteiger partial charge in [0.2, 0.25) is 5.91 Å². The second kappa shape index (κ2) is 5.87. The Bertz CT molecular complexity index is 404. The number of likely N-dealkylation sites (tertiary alicyclic amines) is 1. The lowest BCUT2D eigenvalue weighted by molar-refractivity contribution is -0.131. The second-order valence-corrected chi connectivity index (χ2v) is 5.66. The van der Waals surface area contributed by atoms with Crippen molar-refractivity contribution in [1.29, 1.82) is 0 Å². The van der Waals surface area contributed by atoms with Gasteiger partial charge in [0, 0.05) is 17.6 Å². The summed E-state index contributed by atoms with van der Waals surface area (Å²) >= 11 is 9.64. The van der Waals surface area contributed by atoms with Crippen LogP contribution in [0.2, 0.25) is 0 Å². The first kappa shape index (κ1) is 12.9. The summed E-state index contributed by atoms with van der Waals surface area (Å²) in [6.07, 6.45) is 3.40. The molecule has 0 N–H and O–H groups in total. The molecule has 1 aliphatic rings. The van der Waals surface area contributed by atoms with Crippen LogP contribution < -0.4 is 0 Å². The molecule has 92 valence electrons. The van der Waals surface area contributed by atoms with Crippen LogP contribution in [0.5, 0.6) is 0 Å². The Kier molecular flexibility index (Phi) is 4.46. The first-order valence-electron chi connectivity index (χ1n) is 5.87. The Labute approximate surface area is 115 Å². The van der Waals surface area contributed by atoms with Crippen LogP contribution in [0.25, 0.3) is 0 Å². The molecule has 1 aromatic carbocycles. The van der Waals surface area contributed by atoms with E-state index in [4.69, 9.17) is 11.6 Å². The first-order chi connectivity index (χ1) is 8.18. The molecular weight excluding hydrogens is 302 g/mol. The van der Waals surface area contributed by atoms with Gasteiger partial charge in [-0.25, -0.2) is 0 Å². The largest absolute Gasteiger partial charge is 0.341 e. The van der Waals surface area contributed by atoms with Crippen LogP contribution in [0.4, 0.5) is 0 Å². The van der Waals surface area contributed by atoms with Gasteiger partial charge in [-0.1, -0.05) is 28.1 Å². The van der Waals surface area contributed by atoms with Crippen molar-refractivity contribution in [2.75, 3.05) is 13.1 Å². The molecular formula is C13H15BrClNO. The van der Waals surface area contributed by atoms with Crippen molar-refractivity contribution in [2.45, 2.75) is 24.6 Å². The van der Waals surface area contributed by atoms with E-state index in [1.807, 2.05) is 29.2 Å². The molecule has 0 radical (unpaired) electrons. The summed E-state index contributed by atoms with van der Waals surface area (Å²) in [7, 11) is 0. The van der Waals surface area contributed by atoms with Crippen molar-refractivity contribution >= 4 is 33.4 Å². The van der Waals surface area contributed by atoms with Gasteiger partial charge >= 0.3 is 0 Å². The SMILES string of the molecule is O=C(C(Cl)c1cccc(Br)c1)N1CCCCC1. The summed E-state index contributed by atoms with van der Waals surface area (Å²) in [5.74, 6) is 0.0319. The number of carbonyl (C=O) groups is 1. The first-order valence-corrected chi connectivity index (χ1v) is 7.10.